The number of thiophene rings is 1. The van der Waals surface area contributed by atoms with E-state index >= 15 is 0 Å². The number of fused-ring (bicyclic) bond motifs is 1. The summed E-state index contributed by atoms with van der Waals surface area (Å²) in [6.07, 6.45) is 2.60. The van der Waals surface area contributed by atoms with E-state index in [1.165, 1.54) is 31.5 Å². The molecule has 2 heterocycles. The summed E-state index contributed by atoms with van der Waals surface area (Å²) in [7, 11) is 0. The van der Waals surface area contributed by atoms with Crippen LogP contribution in [0.5, 0.6) is 0 Å². The van der Waals surface area contributed by atoms with Crippen molar-refractivity contribution < 1.29 is 0 Å². The van der Waals surface area contributed by atoms with E-state index < -0.39 is 0 Å². The van der Waals surface area contributed by atoms with E-state index in [9.17, 15) is 0 Å². The second-order valence-corrected chi connectivity index (χ2v) is 5.77. The molecule has 4 heteroatoms. The number of rotatable bonds is 2. The van der Waals surface area contributed by atoms with E-state index in [4.69, 9.17) is 5.73 Å². The smallest absolute Gasteiger partial charge is 0.0242 e. The Balaban J connectivity index is 0.000000963. The van der Waals surface area contributed by atoms with Crippen molar-refractivity contribution in [2.45, 2.75) is 25.4 Å². The maximum Gasteiger partial charge on any atom is 0.0242 e. The van der Waals surface area contributed by atoms with Crippen molar-refractivity contribution in [3.05, 3.63) is 22.4 Å². The third-order valence-electron chi connectivity index (χ3n) is 3.97. The third kappa shape index (κ3) is 2.28. The summed E-state index contributed by atoms with van der Waals surface area (Å²) in [4.78, 5) is 2.58. The van der Waals surface area contributed by atoms with Crippen LogP contribution in [0.25, 0.3) is 0 Å². The fourth-order valence-electron chi connectivity index (χ4n) is 3.17. The van der Waals surface area contributed by atoms with E-state index in [-0.39, 0.29) is 12.4 Å². The molecule has 1 aliphatic heterocycles. The van der Waals surface area contributed by atoms with Gasteiger partial charge in [0.15, 0.2) is 0 Å². The molecule has 0 bridgehead atoms. The van der Waals surface area contributed by atoms with Gasteiger partial charge in [-0.25, -0.2) is 0 Å². The van der Waals surface area contributed by atoms with Crippen LogP contribution in [0.4, 0.5) is 0 Å². The summed E-state index contributed by atoms with van der Waals surface area (Å²) < 4.78 is 0. The molecule has 0 aromatic carbocycles. The first-order valence-electron chi connectivity index (χ1n) is 5.82. The number of nitrogens with zero attached hydrogens (tertiary/aromatic N) is 1. The van der Waals surface area contributed by atoms with Crippen molar-refractivity contribution in [1.82, 2.24) is 4.90 Å². The van der Waals surface area contributed by atoms with E-state index in [1.54, 1.807) is 11.3 Å². The lowest BCUT2D eigenvalue weighted by Crippen LogP contribution is -2.30. The van der Waals surface area contributed by atoms with Crippen molar-refractivity contribution in [3.8, 4) is 0 Å². The van der Waals surface area contributed by atoms with Crippen LogP contribution in [0.2, 0.25) is 0 Å². The highest BCUT2D eigenvalue weighted by Gasteiger charge is 2.40. The molecule has 1 aliphatic carbocycles. The van der Waals surface area contributed by atoms with Crippen LogP contribution < -0.4 is 5.73 Å². The Morgan fingerprint density at radius 3 is 2.94 bits per heavy atom. The fraction of sp³-hybridized carbons (Fsp3) is 0.667. The van der Waals surface area contributed by atoms with Crippen LogP contribution in [0.15, 0.2) is 16.8 Å². The first-order valence-corrected chi connectivity index (χ1v) is 6.76. The van der Waals surface area contributed by atoms with Gasteiger partial charge in [-0.2, -0.15) is 11.3 Å². The largest absolute Gasteiger partial charge is 0.327 e. The lowest BCUT2D eigenvalue weighted by molar-refractivity contribution is 0.298. The summed E-state index contributed by atoms with van der Waals surface area (Å²) in [6.45, 7) is 3.62. The van der Waals surface area contributed by atoms with Gasteiger partial charge in [0.25, 0.3) is 0 Å². The minimum absolute atomic E-state index is 0. The summed E-state index contributed by atoms with van der Waals surface area (Å²) in [5, 5.41) is 4.42. The average Bonchev–Trinajstić information content (AvgIpc) is 2.88. The monoisotopic (exact) mass is 258 g/mol. The topological polar surface area (TPSA) is 29.3 Å². The van der Waals surface area contributed by atoms with Crippen molar-refractivity contribution in [1.29, 1.82) is 0 Å². The average molecular weight is 259 g/mol. The number of hydrogen-bond acceptors (Lipinski definition) is 3. The molecule has 2 aliphatic rings. The molecule has 0 spiro atoms. The van der Waals surface area contributed by atoms with Gasteiger partial charge in [-0.15, -0.1) is 12.4 Å². The zero-order valence-corrected chi connectivity index (χ0v) is 11.0. The Kier molecular flexibility index (Phi) is 3.90. The van der Waals surface area contributed by atoms with Crippen LogP contribution in [0, 0.1) is 11.8 Å². The highest BCUT2D eigenvalue weighted by molar-refractivity contribution is 7.07. The molecule has 2 N–H and O–H groups in total. The normalized spacial score (nSPS) is 33.7. The molecule has 3 rings (SSSR count). The summed E-state index contributed by atoms with van der Waals surface area (Å²) in [5.41, 5.74) is 7.60. The fourth-order valence-corrected chi connectivity index (χ4v) is 3.83. The Labute approximate surface area is 107 Å². The zero-order valence-electron chi connectivity index (χ0n) is 9.34. The van der Waals surface area contributed by atoms with E-state index in [0.717, 1.165) is 18.4 Å². The molecular formula is C12H19ClN2S. The quantitative estimate of drug-likeness (QED) is 0.882. The molecule has 1 aromatic rings. The number of likely N-dealkylation sites (tertiary alicyclic amines) is 1. The van der Waals surface area contributed by atoms with Gasteiger partial charge in [-0.3, -0.25) is 4.90 Å². The van der Waals surface area contributed by atoms with Crippen LogP contribution in [0.3, 0.4) is 0 Å². The first kappa shape index (κ1) is 12.4. The lowest BCUT2D eigenvalue weighted by atomic mass is 9.98. The van der Waals surface area contributed by atoms with Crippen molar-refractivity contribution >= 4 is 23.7 Å². The summed E-state index contributed by atoms with van der Waals surface area (Å²) in [6, 6.07) is 2.71. The Morgan fingerprint density at radius 1 is 1.38 bits per heavy atom. The molecule has 1 saturated carbocycles. The van der Waals surface area contributed by atoms with Gasteiger partial charge >= 0.3 is 0 Å². The van der Waals surface area contributed by atoms with Crippen molar-refractivity contribution in [3.63, 3.8) is 0 Å². The van der Waals surface area contributed by atoms with Gasteiger partial charge in [0.05, 0.1) is 0 Å². The molecule has 90 valence electrons. The molecule has 3 unspecified atom stereocenters. The first-order chi connectivity index (χ1) is 7.33. The standard InChI is InChI=1S/C12H18N2S.ClH/c13-12-2-1-10-6-14(7-11(10)12)5-9-3-4-15-8-9;/h3-4,8,10-12H,1-2,5-7,13H2;1H. The molecule has 1 aromatic heterocycles. The SMILES string of the molecule is Cl.NC1CCC2CN(Cc3ccsc3)CC12. The minimum Gasteiger partial charge on any atom is -0.327 e. The van der Waals surface area contributed by atoms with Crippen LogP contribution >= 0.6 is 23.7 Å². The number of nitrogens with two attached hydrogens (primary N) is 1. The molecular weight excluding hydrogens is 240 g/mol. The Morgan fingerprint density at radius 2 is 2.25 bits per heavy atom. The summed E-state index contributed by atoms with van der Waals surface area (Å²) >= 11 is 1.79. The van der Waals surface area contributed by atoms with Gasteiger partial charge in [0.2, 0.25) is 0 Å². The van der Waals surface area contributed by atoms with Crippen molar-refractivity contribution in [2.75, 3.05) is 13.1 Å². The lowest BCUT2D eigenvalue weighted by Gasteiger charge is -2.17. The van der Waals surface area contributed by atoms with Crippen LogP contribution in [0.1, 0.15) is 18.4 Å². The third-order valence-corrected chi connectivity index (χ3v) is 4.71. The molecule has 1 saturated heterocycles. The van der Waals surface area contributed by atoms with Crippen molar-refractivity contribution in [2.24, 2.45) is 17.6 Å². The predicted molar refractivity (Wildman–Crippen MR) is 71.0 cm³/mol. The molecule has 2 fully saturated rings. The highest BCUT2D eigenvalue weighted by Crippen LogP contribution is 2.37. The maximum atomic E-state index is 6.13. The molecule has 0 amide bonds. The minimum atomic E-state index is 0. The zero-order chi connectivity index (χ0) is 10.3. The van der Waals surface area contributed by atoms with Gasteiger partial charge in [-0.1, -0.05) is 0 Å². The van der Waals surface area contributed by atoms with Gasteiger partial charge in [0.1, 0.15) is 0 Å². The number of hydrogen-bond donors (Lipinski definition) is 1. The van der Waals surface area contributed by atoms with Gasteiger partial charge in [-0.05, 0) is 47.1 Å². The summed E-state index contributed by atoms with van der Waals surface area (Å²) in [5.74, 6) is 1.67. The van der Waals surface area contributed by atoms with Gasteiger partial charge < -0.3 is 5.73 Å². The van der Waals surface area contributed by atoms with Crippen LogP contribution in [-0.4, -0.2) is 24.0 Å². The molecule has 2 nitrogen and oxygen atoms in total. The molecule has 3 atom stereocenters. The van der Waals surface area contributed by atoms with E-state index in [0.29, 0.717) is 6.04 Å². The second kappa shape index (κ2) is 5.05. The van der Waals surface area contributed by atoms with Crippen LogP contribution in [-0.2, 0) is 6.54 Å². The van der Waals surface area contributed by atoms with Gasteiger partial charge in [0, 0.05) is 25.7 Å². The number of halogens is 1. The predicted octanol–water partition coefficient (Wildman–Crippen LogP) is 2.34. The Bertz CT molecular complexity index is 328. The maximum absolute atomic E-state index is 6.13. The Hall–Kier alpha value is -0.0900. The molecule has 0 radical (unpaired) electrons. The second-order valence-electron chi connectivity index (χ2n) is 4.99. The highest BCUT2D eigenvalue weighted by atomic mass is 35.5. The van der Waals surface area contributed by atoms with E-state index in [1.807, 2.05) is 0 Å². The van der Waals surface area contributed by atoms with E-state index in [2.05, 4.69) is 21.7 Å². The molecule has 16 heavy (non-hydrogen) atoms.